The molecule has 2 rings (SSSR count). The molecule has 140 valence electrons. The Labute approximate surface area is 153 Å². The van der Waals surface area contributed by atoms with Crippen LogP contribution in [-0.4, -0.2) is 31.0 Å². The van der Waals surface area contributed by atoms with E-state index in [4.69, 9.17) is 15.6 Å². The fraction of sp³-hybridized carbons (Fsp3) is 0.636. The number of rotatable bonds is 11. The molecular weight excluding hydrogens is 310 g/mol. The largest absolute Gasteiger partial charge is 0.396 e. The summed E-state index contributed by atoms with van der Waals surface area (Å²) in [6.07, 6.45) is 13.2. The minimum absolute atomic E-state index is 0.274. The molecule has 3 nitrogen and oxygen atoms in total. The SMILES string of the molecule is CCC/C=C\CO[C@@H]1CCc2cc([C@H](CN)CCCCO)ccc2C1. The van der Waals surface area contributed by atoms with Gasteiger partial charge in [0.25, 0.3) is 0 Å². The molecule has 0 saturated heterocycles. The topological polar surface area (TPSA) is 55.5 Å². The van der Waals surface area contributed by atoms with E-state index in [0.717, 1.165) is 51.6 Å². The lowest BCUT2D eigenvalue weighted by atomic mass is 9.85. The number of benzene rings is 1. The minimum Gasteiger partial charge on any atom is -0.396 e. The molecule has 1 aliphatic rings. The Hall–Kier alpha value is -1.16. The third-order valence-corrected chi connectivity index (χ3v) is 5.18. The summed E-state index contributed by atoms with van der Waals surface area (Å²) < 4.78 is 6.02. The van der Waals surface area contributed by atoms with E-state index < -0.39 is 0 Å². The Morgan fingerprint density at radius 2 is 2.16 bits per heavy atom. The van der Waals surface area contributed by atoms with Crippen molar-refractivity contribution in [3.8, 4) is 0 Å². The van der Waals surface area contributed by atoms with Crippen LogP contribution in [0.25, 0.3) is 0 Å². The average Bonchev–Trinajstić information content (AvgIpc) is 2.65. The van der Waals surface area contributed by atoms with Gasteiger partial charge in [0, 0.05) is 6.61 Å². The third kappa shape index (κ3) is 6.58. The Morgan fingerprint density at radius 1 is 1.28 bits per heavy atom. The zero-order valence-electron chi connectivity index (χ0n) is 15.8. The van der Waals surface area contributed by atoms with E-state index >= 15 is 0 Å². The summed E-state index contributed by atoms with van der Waals surface area (Å²) in [6.45, 7) is 3.88. The van der Waals surface area contributed by atoms with Crippen LogP contribution in [0.15, 0.2) is 30.4 Å². The van der Waals surface area contributed by atoms with Crippen molar-refractivity contribution in [2.75, 3.05) is 19.8 Å². The highest BCUT2D eigenvalue weighted by Gasteiger charge is 2.20. The lowest BCUT2D eigenvalue weighted by Gasteiger charge is -2.26. The fourth-order valence-electron chi connectivity index (χ4n) is 3.61. The van der Waals surface area contributed by atoms with Crippen LogP contribution in [0.1, 0.15) is 68.1 Å². The molecule has 0 aromatic heterocycles. The highest BCUT2D eigenvalue weighted by atomic mass is 16.5. The molecule has 0 amide bonds. The molecule has 2 atom stereocenters. The molecule has 1 aromatic carbocycles. The van der Waals surface area contributed by atoms with Gasteiger partial charge in [0.2, 0.25) is 0 Å². The Kier molecular flexibility index (Phi) is 9.23. The van der Waals surface area contributed by atoms with Crippen LogP contribution in [-0.2, 0) is 17.6 Å². The van der Waals surface area contributed by atoms with Crippen LogP contribution in [0, 0.1) is 0 Å². The van der Waals surface area contributed by atoms with Crippen molar-refractivity contribution < 1.29 is 9.84 Å². The molecule has 0 unspecified atom stereocenters. The summed E-state index contributed by atoms with van der Waals surface area (Å²) in [5.74, 6) is 0.412. The molecule has 0 fully saturated rings. The highest BCUT2D eigenvalue weighted by Crippen LogP contribution is 2.28. The first-order valence-corrected chi connectivity index (χ1v) is 9.97. The number of fused-ring (bicyclic) bond motifs is 1. The van der Waals surface area contributed by atoms with Gasteiger partial charge in [-0.25, -0.2) is 0 Å². The number of hydrogen-bond donors (Lipinski definition) is 2. The Bertz CT molecular complexity index is 527. The molecular formula is C22H35NO2. The number of aryl methyl sites for hydroxylation is 1. The van der Waals surface area contributed by atoms with Crippen molar-refractivity contribution in [1.29, 1.82) is 0 Å². The molecule has 25 heavy (non-hydrogen) atoms. The third-order valence-electron chi connectivity index (χ3n) is 5.18. The van der Waals surface area contributed by atoms with Gasteiger partial charge >= 0.3 is 0 Å². The van der Waals surface area contributed by atoms with Crippen molar-refractivity contribution in [1.82, 2.24) is 0 Å². The van der Waals surface area contributed by atoms with E-state index in [1.54, 1.807) is 0 Å². The molecule has 0 bridgehead atoms. The molecule has 0 heterocycles. The van der Waals surface area contributed by atoms with E-state index in [-0.39, 0.29) is 6.61 Å². The standard InChI is InChI=1S/C22H35NO2/c1-2-3-4-7-14-25-22-12-11-18-15-19(9-10-20(18)16-22)21(17-23)8-5-6-13-24/h4,7,9-10,15,21-22,24H,2-3,5-6,8,11-14,16-17,23H2,1H3/b7-4-/t21-,22+/m0/s1. The summed E-state index contributed by atoms with van der Waals surface area (Å²) in [4.78, 5) is 0. The van der Waals surface area contributed by atoms with Crippen LogP contribution < -0.4 is 5.73 Å². The van der Waals surface area contributed by atoms with Gasteiger partial charge in [-0.1, -0.05) is 50.1 Å². The number of aliphatic hydroxyl groups excluding tert-OH is 1. The summed E-state index contributed by atoms with van der Waals surface area (Å²) in [6, 6.07) is 6.89. The maximum Gasteiger partial charge on any atom is 0.0651 e. The van der Waals surface area contributed by atoms with Crippen molar-refractivity contribution in [3.05, 3.63) is 47.0 Å². The molecule has 1 aromatic rings. The molecule has 3 heteroatoms. The normalized spacial score (nSPS) is 18.4. The predicted octanol–water partition coefficient (Wildman–Crippen LogP) is 4.12. The van der Waals surface area contributed by atoms with Gasteiger partial charge in [0.1, 0.15) is 0 Å². The van der Waals surface area contributed by atoms with Crippen LogP contribution in [0.4, 0.5) is 0 Å². The molecule has 0 spiro atoms. The second-order valence-corrected chi connectivity index (χ2v) is 7.14. The molecule has 0 aliphatic heterocycles. The number of nitrogens with two attached hydrogens (primary N) is 1. The second-order valence-electron chi connectivity index (χ2n) is 7.14. The number of ether oxygens (including phenoxy) is 1. The smallest absolute Gasteiger partial charge is 0.0651 e. The lowest BCUT2D eigenvalue weighted by molar-refractivity contribution is 0.0641. The van der Waals surface area contributed by atoms with Crippen LogP contribution in [0.5, 0.6) is 0 Å². The predicted molar refractivity (Wildman–Crippen MR) is 105 cm³/mol. The zero-order valence-corrected chi connectivity index (χ0v) is 15.8. The maximum atomic E-state index is 8.96. The summed E-state index contributed by atoms with van der Waals surface area (Å²) in [5.41, 5.74) is 10.3. The first-order chi connectivity index (χ1) is 12.3. The fourth-order valence-corrected chi connectivity index (χ4v) is 3.61. The van der Waals surface area contributed by atoms with Gasteiger partial charge in [-0.05, 0) is 67.7 Å². The molecule has 3 N–H and O–H groups in total. The Morgan fingerprint density at radius 3 is 2.92 bits per heavy atom. The minimum atomic E-state index is 0.274. The maximum absolute atomic E-state index is 8.96. The number of unbranched alkanes of at least 4 members (excludes halogenated alkanes) is 2. The van der Waals surface area contributed by atoms with Crippen molar-refractivity contribution in [3.63, 3.8) is 0 Å². The van der Waals surface area contributed by atoms with Gasteiger partial charge in [-0.15, -0.1) is 0 Å². The van der Waals surface area contributed by atoms with Crippen molar-refractivity contribution in [2.24, 2.45) is 5.73 Å². The van der Waals surface area contributed by atoms with E-state index in [9.17, 15) is 0 Å². The monoisotopic (exact) mass is 345 g/mol. The highest BCUT2D eigenvalue weighted by molar-refractivity contribution is 5.36. The van der Waals surface area contributed by atoms with E-state index in [2.05, 4.69) is 37.3 Å². The average molecular weight is 346 g/mol. The van der Waals surface area contributed by atoms with Crippen LogP contribution in [0.3, 0.4) is 0 Å². The lowest BCUT2D eigenvalue weighted by Crippen LogP contribution is -2.23. The number of hydrogen-bond acceptors (Lipinski definition) is 3. The number of allylic oxidation sites excluding steroid dienone is 1. The van der Waals surface area contributed by atoms with Gasteiger partial charge in [0.15, 0.2) is 0 Å². The van der Waals surface area contributed by atoms with E-state index in [0.29, 0.717) is 18.6 Å². The first-order valence-electron chi connectivity index (χ1n) is 9.97. The molecule has 0 saturated carbocycles. The zero-order chi connectivity index (χ0) is 17.9. The molecule has 0 radical (unpaired) electrons. The van der Waals surface area contributed by atoms with Gasteiger partial charge in [-0.2, -0.15) is 0 Å². The van der Waals surface area contributed by atoms with Gasteiger partial charge in [0.05, 0.1) is 12.7 Å². The quantitative estimate of drug-likeness (QED) is 0.468. The van der Waals surface area contributed by atoms with Crippen LogP contribution in [0.2, 0.25) is 0 Å². The Balaban J connectivity index is 1.89. The molecule has 1 aliphatic carbocycles. The van der Waals surface area contributed by atoms with Crippen molar-refractivity contribution in [2.45, 2.75) is 70.3 Å². The van der Waals surface area contributed by atoms with E-state index in [1.165, 1.54) is 23.1 Å². The van der Waals surface area contributed by atoms with Crippen LogP contribution >= 0.6 is 0 Å². The second kappa shape index (κ2) is 11.5. The number of aliphatic hydroxyl groups is 1. The summed E-state index contributed by atoms with van der Waals surface area (Å²) >= 11 is 0. The van der Waals surface area contributed by atoms with E-state index in [1.807, 2.05) is 0 Å². The summed E-state index contributed by atoms with van der Waals surface area (Å²) in [5, 5.41) is 8.96. The first kappa shape index (κ1) is 20.2. The van der Waals surface area contributed by atoms with Gasteiger partial charge < -0.3 is 15.6 Å². The summed E-state index contributed by atoms with van der Waals surface area (Å²) in [7, 11) is 0. The van der Waals surface area contributed by atoms with Crippen molar-refractivity contribution >= 4 is 0 Å². The van der Waals surface area contributed by atoms with Gasteiger partial charge in [-0.3, -0.25) is 0 Å².